The molecule has 2 aromatic rings. The fourth-order valence-corrected chi connectivity index (χ4v) is 2.87. The first-order chi connectivity index (χ1) is 10.4. The Balaban J connectivity index is 1.94. The number of hydrogen-bond acceptors (Lipinski definition) is 3. The van der Waals surface area contributed by atoms with E-state index in [9.17, 15) is 9.59 Å². The van der Waals surface area contributed by atoms with Crippen molar-refractivity contribution in [2.45, 2.75) is 12.5 Å². The van der Waals surface area contributed by atoms with Gasteiger partial charge in [0.15, 0.2) is 5.60 Å². The zero-order valence-electron chi connectivity index (χ0n) is 12.7. The number of ether oxygens (including phenoxy) is 1. The maximum atomic E-state index is 12.8. The number of nitrogens with zero attached hydrogens (tertiary/aromatic N) is 2. The molecule has 1 atom stereocenters. The highest BCUT2D eigenvalue weighted by molar-refractivity contribution is 6.07. The first-order valence-corrected chi connectivity index (χ1v) is 7.19. The second-order valence-electron chi connectivity index (χ2n) is 5.84. The maximum Gasteiger partial charge on any atom is 0.256 e. The fourth-order valence-electron chi connectivity index (χ4n) is 2.87. The lowest BCUT2D eigenvalue weighted by atomic mass is 10.0. The number of primary amides is 1. The van der Waals surface area contributed by atoms with E-state index in [4.69, 9.17) is 10.5 Å². The van der Waals surface area contributed by atoms with E-state index in [0.29, 0.717) is 18.7 Å². The molecule has 2 amide bonds. The number of morpholine rings is 1. The number of nitrogens with two attached hydrogens (primary N) is 1. The van der Waals surface area contributed by atoms with Crippen molar-refractivity contribution >= 4 is 22.7 Å². The van der Waals surface area contributed by atoms with Gasteiger partial charge in [-0.1, -0.05) is 18.2 Å². The van der Waals surface area contributed by atoms with Gasteiger partial charge >= 0.3 is 0 Å². The molecule has 1 aromatic carbocycles. The smallest absolute Gasteiger partial charge is 0.256 e. The molecule has 2 heterocycles. The Labute approximate surface area is 128 Å². The van der Waals surface area contributed by atoms with Gasteiger partial charge < -0.3 is 19.9 Å². The van der Waals surface area contributed by atoms with Gasteiger partial charge in [0.05, 0.1) is 18.7 Å². The quantitative estimate of drug-likeness (QED) is 0.895. The van der Waals surface area contributed by atoms with Gasteiger partial charge in [-0.25, -0.2) is 0 Å². The SMILES string of the molecule is Cn1cc(C(=O)N2CCO[C@](C)(C(N)=O)C2)c2ccccc21. The van der Waals surface area contributed by atoms with Crippen molar-refractivity contribution in [2.75, 3.05) is 19.7 Å². The Morgan fingerprint density at radius 1 is 1.32 bits per heavy atom. The molecule has 6 heteroatoms. The summed E-state index contributed by atoms with van der Waals surface area (Å²) in [6.45, 7) is 2.54. The predicted octanol–water partition coefficient (Wildman–Crippen LogP) is 0.895. The number of para-hydroxylation sites is 1. The summed E-state index contributed by atoms with van der Waals surface area (Å²) in [7, 11) is 1.91. The number of carbonyl (C=O) groups is 2. The molecule has 1 saturated heterocycles. The largest absolute Gasteiger partial charge is 0.367 e. The van der Waals surface area contributed by atoms with Gasteiger partial charge in [-0.3, -0.25) is 9.59 Å². The van der Waals surface area contributed by atoms with Crippen LogP contribution in [0.2, 0.25) is 0 Å². The van der Waals surface area contributed by atoms with Crippen LogP contribution in [0.5, 0.6) is 0 Å². The van der Waals surface area contributed by atoms with Crippen LogP contribution in [-0.4, -0.2) is 46.6 Å². The van der Waals surface area contributed by atoms with Crippen molar-refractivity contribution in [2.24, 2.45) is 12.8 Å². The summed E-state index contributed by atoms with van der Waals surface area (Å²) in [4.78, 5) is 26.0. The summed E-state index contributed by atoms with van der Waals surface area (Å²) >= 11 is 0. The predicted molar refractivity (Wildman–Crippen MR) is 82.4 cm³/mol. The molecule has 1 aromatic heterocycles. The number of rotatable bonds is 2. The number of carbonyl (C=O) groups excluding carboxylic acids is 2. The van der Waals surface area contributed by atoms with Crippen LogP contribution in [0.1, 0.15) is 17.3 Å². The molecule has 1 fully saturated rings. The van der Waals surface area contributed by atoms with Crippen molar-refractivity contribution < 1.29 is 14.3 Å². The zero-order valence-corrected chi connectivity index (χ0v) is 12.7. The molecule has 1 aliphatic heterocycles. The summed E-state index contributed by atoms with van der Waals surface area (Å²) in [5.74, 6) is -0.657. The molecule has 2 N–H and O–H groups in total. The molecule has 0 aliphatic carbocycles. The number of benzene rings is 1. The Morgan fingerprint density at radius 2 is 2.05 bits per heavy atom. The molecule has 0 spiro atoms. The third-order valence-corrected chi connectivity index (χ3v) is 4.21. The van der Waals surface area contributed by atoms with E-state index in [1.807, 2.05) is 42.1 Å². The minimum Gasteiger partial charge on any atom is -0.367 e. The molecule has 6 nitrogen and oxygen atoms in total. The summed E-state index contributed by atoms with van der Waals surface area (Å²) in [6.07, 6.45) is 1.82. The molecule has 1 aliphatic rings. The molecule has 22 heavy (non-hydrogen) atoms. The summed E-state index contributed by atoms with van der Waals surface area (Å²) in [6, 6.07) is 7.75. The number of fused-ring (bicyclic) bond motifs is 1. The number of aryl methyl sites for hydroxylation is 1. The number of hydrogen-bond donors (Lipinski definition) is 1. The van der Waals surface area contributed by atoms with E-state index in [0.717, 1.165) is 10.9 Å². The van der Waals surface area contributed by atoms with Crippen LogP contribution in [0.15, 0.2) is 30.5 Å². The highest BCUT2D eigenvalue weighted by Crippen LogP contribution is 2.24. The standard InChI is InChI=1S/C16H19N3O3/c1-16(15(17)21)10-19(7-8-22-16)14(20)12-9-18(2)13-6-4-3-5-11(12)13/h3-6,9H,7-8,10H2,1-2H3,(H2,17,21)/t16-/m0/s1. The van der Waals surface area contributed by atoms with Crippen LogP contribution < -0.4 is 5.73 Å². The monoisotopic (exact) mass is 301 g/mol. The Hall–Kier alpha value is -2.34. The second kappa shape index (κ2) is 5.14. The van der Waals surface area contributed by atoms with Crippen LogP contribution in [0.4, 0.5) is 0 Å². The van der Waals surface area contributed by atoms with Crippen LogP contribution in [0.3, 0.4) is 0 Å². The minimum absolute atomic E-state index is 0.104. The fraction of sp³-hybridized carbons (Fsp3) is 0.375. The number of amides is 2. The third-order valence-electron chi connectivity index (χ3n) is 4.21. The van der Waals surface area contributed by atoms with E-state index in [-0.39, 0.29) is 12.5 Å². The topological polar surface area (TPSA) is 77.6 Å². The van der Waals surface area contributed by atoms with Crippen molar-refractivity contribution in [1.29, 1.82) is 0 Å². The van der Waals surface area contributed by atoms with Gasteiger partial charge in [-0.2, -0.15) is 0 Å². The first kappa shape index (κ1) is 14.6. The molecule has 0 bridgehead atoms. The lowest BCUT2D eigenvalue weighted by Gasteiger charge is -2.38. The van der Waals surface area contributed by atoms with Crippen molar-refractivity contribution in [3.05, 3.63) is 36.0 Å². The van der Waals surface area contributed by atoms with Crippen molar-refractivity contribution in [3.63, 3.8) is 0 Å². The lowest BCUT2D eigenvalue weighted by Crippen LogP contribution is -2.58. The minimum atomic E-state index is -1.13. The molecular weight excluding hydrogens is 282 g/mol. The average molecular weight is 301 g/mol. The van der Waals surface area contributed by atoms with Gasteiger partial charge in [0.2, 0.25) is 0 Å². The summed E-state index contributed by atoms with van der Waals surface area (Å²) in [5.41, 5.74) is 5.89. The normalized spacial score (nSPS) is 22.0. The molecule has 3 rings (SSSR count). The van der Waals surface area contributed by atoms with Gasteiger partial charge in [-0.15, -0.1) is 0 Å². The molecule has 0 unspecified atom stereocenters. The van der Waals surface area contributed by atoms with Crippen LogP contribution in [-0.2, 0) is 16.6 Å². The van der Waals surface area contributed by atoms with E-state index < -0.39 is 11.5 Å². The van der Waals surface area contributed by atoms with Gasteiger partial charge in [-0.05, 0) is 13.0 Å². The van der Waals surface area contributed by atoms with E-state index in [2.05, 4.69) is 0 Å². The second-order valence-corrected chi connectivity index (χ2v) is 5.84. The molecule has 116 valence electrons. The van der Waals surface area contributed by atoms with Crippen LogP contribution in [0, 0.1) is 0 Å². The highest BCUT2D eigenvalue weighted by atomic mass is 16.5. The van der Waals surface area contributed by atoms with Crippen molar-refractivity contribution in [3.8, 4) is 0 Å². The highest BCUT2D eigenvalue weighted by Gasteiger charge is 2.39. The van der Waals surface area contributed by atoms with E-state index >= 15 is 0 Å². The Morgan fingerprint density at radius 3 is 2.77 bits per heavy atom. The van der Waals surface area contributed by atoms with Gasteiger partial charge in [0.25, 0.3) is 11.8 Å². The summed E-state index contributed by atoms with van der Waals surface area (Å²) in [5, 5.41) is 0.905. The van der Waals surface area contributed by atoms with Crippen LogP contribution in [0.25, 0.3) is 10.9 Å². The van der Waals surface area contributed by atoms with Gasteiger partial charge in [0.1, 0.15) is 0 Å². The molecule has 0 saturated carbocycles. The van der Waals surface area contributed by atoms with Crippen molar-refractivity contribution in [1.82, 2.24) is 9.47 Å². The van der Waals surface area contributed by atoms with E-state index in [1.165, 1.54) is 0 Å². The van der Waals surface area contributed by atoms with E-state index in [1.54, 1.807) is 11.8 Å². The first-order valence-electron chi connectivity index (χ1n) is 7.19. The van der Waals surface area contributed by atoms with Crippen LogP contribution >= 0.6 is 0 Å². The summed E-state index contributed by atoms with van der Waals surface area (Å²) < 4.78 is 7.39. The maximum absolute atomic E-state index is 12.8. The lowest BCUT2D eigenvalue weighted by molar-refractivity contribution is -0.150. The Bertz CT molecular complexity index is 752. The third kappa shape index (κ3) is 2.25. The Kier molecular flexibility index (Phi) is 3.41. The average Bonchev–Trinajstić information content (AvgIpc) is 2.84. The molecule has 0 radical (unpaired) electrons. The molecular formula is C16H19N3O3. The van der Waals surface area contributed by atoms with Gasteiger partial charge in [0, 0.05) is 30.7 Å². The number of aromatic nitrogens is 1. The zero-order chi connectivity index (χ0) is 15.9.